The molecule has 0 saturated carbocycles. The number of aromatic nitrogens is 1. The maximum atomic E-state index is 5.90. The maximum absolute atomic E-state index is 5.90. The molecule has 0 aliphatic carbocycles. The molecular weight excluding hydrogens is 258 g/mol. The Morgan fingerprint density at radius 2 is 1.95 bits per heavy atom. The van der Waals surface area contributed by atoms with Gasteiger partial charge in [0.2, 0.25) is 5.88 Å². The molecule has 1 aromatic heterocycles. The van der Waals surface area contributed by atoms with Crippen molar-refractivity contribution in [2.75, 3.05) is 0 Å². The quantitative estimate of drug-likeness (QED) is 0.748. The van der Waals surface area contributed by atoms with Gasteiger partial charge in [0.15, 0.2) is 0 Å². The van der Waals surface area contributed by atoms with Crippen LogP contribution in [0.3, 0.4) is 0 Å². The number of nitrogens with zero attached hydrogens (tertiary/aromatic N) is 1. The first-order valence-corrected chi connectivity index (χ1v) is 6.96. The van der Waals surface area contributed by atoms with Crippen LogP contribution in [0.25, 0.3) is 0 Å². The molecule has 0 N–H and O–H groups in total. The van der Waals surface area contributed by atoms with E-state index < -0.39 is 0 Å². The summed E-state index contributed by atoms with van der Waals surface area (Å²) in [4.78, 5) is 4.48. The summed E-state index contributed by atoms with van der Waals surface area (Å²) >= 11 is 5.90. The molecular formula is C16H18ClNO. The van der Waals surface area contributed by atoms with E-state index in [4.69, 9.17) is 16.3 Å². The lowest BCUT2D eigenvalue weighted by Crippen LogP contribution is -1.96. The minimum absolute atomic E-state index is 0.471. The van der Waals surface area contributed by atoms with Gasteiger partial charge in [0.25, 0.3) is 0 Å². The summed E-state index contributed by atoms with van der Waals surface area (Å²) in [6, 6.07) is 10.0. The number of hydrogen-bond donors (Lipinski definition) is 0. The van der Waals surface area contributed by atoms with Crippen LogP contribution in [0, 0.1) is 13.8 Å². The minimum Gasteiger partial charge on any atom is -0.439 e. The summed E-state index contributed by atoms with van der Waals surface area (Å²) in [7, 11) is 0. The zero-order valence-electron chi connectivity index (χ0n) is 11.5. The number of benzene rings is 1. The van der Waals surface area contributed by atoms with Gasteiger partial charge in [-0.2, -0.15) is 0 Å². The van der Waals surface area contributed by atoms with E-state index in [-0.39, 0.29) is 0 Å². The van der Waals surface area contributed by atoms with Crippen molar-refractivity contribution in [2.24, 2.45) is 0 Å². The number of pyridine rings is 1. The molecule has 0 spiro atoms. The van der Waals surface area contributed by atoms with Gasteiger partial charge in [-0.1, -0.05) is 24.6 Å². The molecule has 3 heteroatoms. The molecule has 0 unspecified atom stereocenters. The van der Waals surface area contributed by atoms with Crippen LogP contribution in [-0.4, -0.2) is 4.98 Å². The summed E-state index contributed by atoms with van der Waals surface area (Å²) in [6.45, 7) is 6.17. The summed E-state index contributed by atoms with van der Waals surface area (Å²) in [6.07, 6.45) is 0.869. The molecule has 0 aliphatic heterocycles. The molecule has 2 nitrogen and oxygen atoms in total. The van der Waals surface area contributed by atoms with E-state index in [1.165, 1.54) is 5.56 Å². The molecule has 0 bridgehead atoms. The Bertz CT molecular complexity index is 559. The number of rotatable bonds is 4. The zero-order valence-corrected chi connectivity index (χ0v) is 12.3. The third-order valence-electron chi connectivity index (χ3n) is 2.98. The van der Waals surface area contributed by atoms with E-state index in [9.17, 15) is 0 Å². The van der Waals surface area contributed by atoms with Gasteiger partial charge < -0.3 is 4.74 Å². The maximum Gasteiger partial charge on any atom is 0.219 e. The van der Waals surface area contributed by atoms with Gasteiger partial charge in [-0.25, -0.2) is 4.98 Å². The minimum atomic E-state index is 0.471. The molecule has 0 aliphatic rings. The van der Waals surface area contributed by atoms with Gasteiger partial charge in [0.1, 0.15) is 5.75 Å². The standard InChI is InChI=1S/C16H18ClNO/c1-4-14-8-13(10-17)9-16(18-14)19-15-6-5-11(2)7-12(15)3/h5-9H,4,10H2,1-3H3. The van der Waals surface area contributed by atoms with E-state index in [2.05, 4.69) is 24.9 Å². The van der Waals surface area contributed by atoms with E-state index in [0.717, 1.165) is 29.0 Å². The average molecular weight is 276 g/mol. The molecule has 100 valence electrons. The summed E-state index contributed by atoms with van der Waals surface area (Å²) < 4.78 is 5.88. The van der Waals surface area contributed by atoms with Crippen LogP contribution in [0.1, 0.15) is 29.3 Å². The average Bonchev–Trinajstić information content (AvgIpc) is 2.41. The Kier molecular flexibility index (Phi) is 4.43. The number of alkyl halides is 1. The van der Waals surface area contributed by atoms with Gasteiger partial charge in [-0.3, -0.25) is 0 Å². The first-order valence-electron chi connectivity index (χ1n) is 6.43. The first-order chi connectivity index (χ1) is 9.12. The van der Waals surface area contributed by atoms with E-state index in [1.54, 1.807) is 0 Å². The van der Waals surface area contributed by atoms with Crippen LogP contribution < -0.4 is 4.74 Å². The number of ether oxygens (including phenoxy) is 1. The Labute approximate surface area is 119 Å². The lowest BCUT2D eigenvalue weighted by molar-refractivity contribution is 0.457. The summed E-state index contributed by atoms with van der Waals surface area (Å²) in [5.41, 5.74) is 4.36. The Morgan fingerprint density at radius 1 is 1.16 bits per heavy atom. The van der Waals surface area contributed by atoms with Gasteiger partial charge in [-0.05, 0) is 43.5 Å². The highest BCUT2D eigenvalue weighted by atomic mass is 35.5. The number of aryl methyl sites for hydroxylation is 3. The SMILES string of the molecule is CCc1cc(CCl)cc(Oc2ccc(C)cc2C)n1. The van der Waals surface area contributed by atoms with Crippen molar-refractivity contribution in [3.05, 3.63) is 52.7 Å². The Hall–Kier alpha value is -1.54. The fourth-order valence-electron chi connectivity index (χ4n) is 1.96. The highest BCUT2D eigenvalue weighted by molar-refractivity contribution is 6.17. The molecule has 1 aromatic carbocycles. The van der Waals surface area contributed by atoms with E-state index in [0.29, 0.717) is 11.8 Å². The predicted molar refractivity (Wildman–Crippen MR) is 79.2 cm³/mol. The van der Waals surface area contributed by atoms with E-state index in [1.807, 2.05) is 31.2 Å². The molecule has 0 atom stereocenters. The third kappa shape index (κ3) is 3.48. The van der Waals surface area contributed by atoms with Crippen LogP contribution in [0.2, 0.25) is 0 Å². The van der Waals surface area contributed by atoms with Crippen LogP contribution in [0.4, 0.5) is 0 Å². The Morgan fingerprint density at radius 3 is 2.58 bits per heavy atom. The summed E-state index contributed by atoms with van der Waals surface area (Å²) in [5.74, 6) is 1.92. The van der Waals surface area contributed by atoms with Crippen molar-refractivity contribution < 1.29 is 4.74 Å². The molecule has 0 fully saturated rings. The van der Waals surface area contributed by atoms with Crippen molar-refractivity contribution in [1.29, 1.82) is 0 Å². The van der Waals surface area contributed by atoms with Crippen LogP contribution in [-0.2, 0) is 12.3 Å². The second-order valence-electron chi connectivity index (χ2n) is 4.66. The van der Waals surface area contributed by atoms with Crippen molar-refractivity contribution in [1.82, 2.24) is 4.98 Å². The molecule has 0 radical (unpaired) electrons. The number of hydrogen-bond acceptors (Lipinski definition) is 2. The van der Waals surface area contributed by atoms with Gasteiger partial charge in [0, 0.05) is 17.6 Å². The van der Waals surface area contributed by atoms with Crippen molar-refractivity contribution in [3.63, 3.8) is 0 Å². The molecule has 0 saturated heterocycles. The van der Waals surface area contributed by atoms with Crippen LogP contribution >= 0.6 is 11.6 Å². The van der Waals surface area contributed by atoms with Crippen LogP contribution in [0.15, 0.2) is 30.3 Å². The van der Waals surface area contributed by atoms with Gasteiger partial charge >= 0.3 is 0 Å². The molecule has 0 amide bonds. The van der Waals surface area contributed by atoms with Crippen molar-refractivity contribution >= 4 is 11.6 Å². The smallest absolute Gasteiger partial charge is 0.219 e. The number of halogens is 1. The van der Waals surface area contributed by atoms with Crippen molar-refractivity contribution in [2.45, 2.75) is 33.1 Å². The first kappa shape index (κ1) is 13.9. The molecule has 1 heterocycles. The lowest BCUT2D eigenvalue weighted by atomic mass is 10.1. The predicted octanol–water partition coefficient (Wildman–Crippen LogP) is 4.79. The zero-order chi connectivity index (χ0) is 13.8. The van der Waals surface area contributed by atoms with Gasteiger partial charge in [-0.15, -0.1) is 11.6 Å². The molecule has 2 rings (SSSR count). The normalized spacial score (nSPS) is 10.5. The Balaban J connectivity index is 2.31. The topological polar surface area (TPSA) is 22.1 Å². The largest absolute Gasteiger partial charge is 0.439 e. The van der Waals surface area contributed by atoms with Crippen LogP contribution in [0.5, 0.6) is 11.6 Å². The monoisotopic (exact) mass is 275 g/mol. The highest BCUT2D eigenvalue weighted by Gasteiger charge is 2.06. The highest BCUT2D eigenvalue weighted by Crippen LogP contribution is 2.26. The summed E-state index contributed by atoms with van der Waals surface area (Å²) in [5, 5.41) is 0. The molecule has 19 heavy (non-hydrogen) atoms. The fourth-order valence-corrected chi connectivity index (χ4v) is 2.11. The lowest BCUT2D eigenvalue weighted by Gasteiger charge is -2.10. The van der Waals surface area contributed by atoms with E-state index >= 15 is 0 Å². The van der Waals surface area contributed by atoms with Crippen molar-refractivity contribution in [3.8, 4) is 11.6 Å². The third-order valence-corrected chi connectivity index (χ3v) is 3.28. The fraction of sp³-hybridized carbons (Fsp3) is 0.312. The second kappa shape index (κ2) is 6.07. The second-order valence-corrected chi connectivity index (χ2v) is 4.93. The molecule has 2 aromatic rings. The van der Waals surface area contributed by atoms with Gasteiger partial charge in [0.05, 0.1) is 0 Å².